The summed E-state index contributed by atoms with van der Waals surface area (Å²) in [6.45, 7) is 3.86. The Labute approximate surface area is 108 Å². The largest absolute Gasteiger partial charge is 0.339 e. The maximum Gasteiger partial charge on any atom is 0.230 e. The van der Waals surface area contributed by atoms with Gasteiger partial charge in [0, 0.05) is 17.5 Å². The van der Waals surface area contributed by atoms with E-state index in [1.807, 2.05) is 6.92 Å². The van der Waals surface area contributed by atoms with Crippen molar-refractivity contribution in [1.82, 2.24) is 15.5 Å². The summed E-state index contributed by atoms with van der Waals surface area (Å²) in [5.74, 6) is 0.0207. The van der Waals surface area contributed by atoms with Crippen molar-refractivity contribution in [2.45, 2.75) is 12.8 Å². The second-order valence-corrected chi connectivity index (χ2v) is 4.82. The fourth-order valence-corrected chi connectivity index (χ4v) is 2.09. The molecule has 0 amide bonds. The first-order valence-corrected chi connectivity index (χ1v) is 6.14. The standard InChI is InChI=1S/C13H13F2N3O/c1-7(9-5-16-6-9)13-17-12(18-19-13)8-2-10(14)4-11(15)3-8/h2-4,7,9,16H,5-6H2,1H3. The molecule has 0 saturated carbocycles. The van der Waals surface area contributed by atoms with E-state index in [9.17, 15) is 8.78 Å². The van der Waals surface area contributed by atoms with E-state index in [4.69, 9.17) is 4.52 Å². The fourth-order valence-electron chi connectivity index (χ4n) is 2.09. The molecule has 2 heterocycles. The van der Waals surface area contributed by atoms with Gasteiger partial charge in [-0.25, -0.2) is 8.78 Å². The zero-order valence-corrected chi connectivity index (χ0v) is 10.4. The molecule has 1 aliphatic rings. The Morgan fingerprint density at radius 1 is 1.26 bits per heavy atom. The van der Waals surface area contributed by atoms with Crippen molar-refractivity contribution in [3.63, 3.8) is 0 Å². The topological polar surface area (TPSA) is 51.0 Å². The van der Waals surface area contributed by atoms with E-state index < -0.39 is 11.6 Å². The SMILES string of the molecule is CC(c1nc(-c2cc(F)cc(F)c2)no1)C1CNC1. The average molecular weight is 265 g/mol. The zero-order chi connectivity index (χ0) is 13.4. The van der Waals surface area contributed by atoms with Crippen LogP contribution in [-0.4, -0.2) is 23.2 Å². The monoisotopic (exact) mass is 265 g/mol. The van der Waals surface area contributed by atoms with Gasteiger partial charge in [0.25, 0.3) is 0 Å². The maximum atomic E-state index is 13.1. The molecule has 0 spiro atoms. The van der Waals surface area contributed by atoms with E-state index >= 15 is 0 Å². The first-order chi connectivity index (χ1) is 9.13. The van der Waals surface area contributed by atoms with Crippen molar-refractivity contribution in [3.05, 3.63) is 35.7 Å². The minimum atomic E-state index is -0.655. The molecule has 1 atom stereocenters. The summed E-state index contributed by atoms with van der Waals surface area (Å²) < 4.78 is 31.5. The van der Waals surface area contributed by atoms with Gasteiger partial charge in [-0.05, 0) is 31.1 Å². The van der Waals surface area contributed by atoms with E-state index in [0.29, 0.717) is 11.8 Å². The Bertz CT molecular complexity index is 575. The molecule has 0 bridgehead atoms. The van der Waals surface area contributed by atoms with Crippen LogP contribution in [0.4, 0.5) is 8.78 Å². The van der Waals surface area contributed by atoms with Gasteiger partial charge in [0.15, 0.2) is 0 Å². The Morgan fingerprint density at radius 2 is 1.95 bits per heavy atom. The lowest BCUT2D eigenvalue weighted by Crippen LogP contribution is -2.44. The Hall–Kier alpha value is -1.82. The molecule has 1 aliphatic heterocycles. The third-order valence-corrected chi connectivity index (χ3v) is 3.47. The van der Waals surface area contributed by atoms with Crippen molar-refractivity contribution in [3.8, 4) is 11.4 Å². The molecule has 1 aromatic carbocycles. The second-order valence-electron chi connectivity index (χ2n) is 4.82. The van der Waals surface area contributed by atoms with Crippen LogP contribution >= 0.6 is 0 Å². The summed E-state index contributed by atoms with van der Waals surface area (Å²) in [5.41, 5.74) is 0.284. The molecular formula is C13H13F2N3O. The molecule has 1 aromatic heterocycles. The highest BCUT2D eigenvalue weighted by atomic mass is 19.1. The van der Waals surface area contributed by atoms with Crippen molar-refractivity contribution >= 4 is 0 Å². The molecule has 1 fully saturated rings. The van der Waals surface area contributed by atoms with Gasteiger partial charge in [0.05, 0.1) is 0 Å². The lowest BCUT2D eigenvalue weighted by molar-refractivity contribution is 0.252. The van der Waals surface area contributed by atoms with Gasteiger partial charge in [-0.2, -0.15) is 4.98 Å². The molecule has 4 nitrogen and oxygen atoms in total. The van der Waals surface area contributed by atoms with Crippen LogP contribution in [0.25, 0.3) is 11.4 Å². The molecule has 3 rings (SSSR count). The Balaban J connectivity index is 1.87. The number of nitrogens with zero attached hydrogens (tertiary/aromatic N) is 2. The van der Waals surface area contributed by atoms with Crippen LogP contribution in [0, 0.1) is 17.6 Å². The quantitative estimate of drug-likeness (QED) is 0.925. The average Bonchev–Trinajstić information content (AvgIpc) is 2.74. The van der Waals surface area contributed by atoms with E-state index in [1.54, 1.807) is 0 Å². The summed E-state index contributed by atoms with van der Waals surface area (Å²) in [6, 6.07) is 3.19. The molecule has 1 saturated heterocycles. The van der Waals surface area contributed by atoms with Crippen molar-refractivity contribution in [1.29, 1.82) is 0 Å². The molecule has 6 heteroatoms. The number of rotatable bonds is 3. The predicted molar refractivity (Wildman–Crippen MR) is 64.4 cm³/mol. The molecule has 0 aliphatic carbocycles. The number of aromatic nitrogens is 2. The van der Waals surface area contributed by atoms with Crippen LogP contribution in [0.2, 0.25) is 0 Å². The van der Waals surface area contributed by atoms with E-state index in [2.05, 4.69) is 15.5 Å². The number of hydrogen-bond donors (Lipinski definition) is 1. The van der Waals surface area contributed by atoms with Gasteiger partial charge >= 0.3 is 0 Å². The number of hydrogen-bond acceptors (Lipinski definition) is 4. The van der Waals surface area contributed by atoms with Crippen LogP contribution in [0.1, 0.15) is 18.7 Å². The highest BCUT2D eigenvalue weighted by molar-refractivity contribution is 5.54. The van der Waals surface area contributed by atoms with Gasteiger partial charge in [-0.3, -0.25) is 0 Å². The summed E-state index contributed by atoms with van der Waals surface area (Å²) in [7, 11) is 0. The van der Waals surface area contributed by atoms with E-state index in [-0.39, 0.29) is 17.3 Å². The number of nitrogens with one attached hydrogen (secondary N) is 1. The van der Waals surface area contributed by atoms with Crippen LogP contribution in [0.3, 0.4) is 0 Å². The van der Waals surface area contributed by atoms with Crippen molar-refractivity contribution in [2.75, 3.05) is 13.1 Å². The Morgan fingerprint density at radius 3 is 2.53 bits per heavy atom. The van der Waals surface area contributed by atoms with Crippen LogP contribution in [-0.2, 0) is 0 Å². The highest BCUT2D eigenvalue weighted by Gasteiger charge is 2.28. The van der Waals surface area contributed by atoms with E-state index in [0.717, 1.165) is 19.2 Å². The van der Waals surface area contributed by atoms with Gasteiger partial charge in [0.2, 0.25) is 11.7 Å². The zero-order valence-electron chi connectivity index (χ0n) is 10.4. The van der Waals surface area contributed by atoms with Crippen molar-refractivity contribution < 1.29 is 13.3 Å². The van der Waals surface area contributed by atoms with Crippen LogP contribution in [0.5, 0.6) is 0 Å². The minimum Gasteiger partial charge on any atom is -0.339 e. The first kappa shape index (κ1) is 12.2. The third kappa shape index (κ3) is 2.35. The molecular weight excluding hydrogens is 252 g/mol. The fraction of sp³-hybridized carbons (Fsp3) is 0.385. The Kier molecular flexibility index (Phi) is 3.02. The summed E-state index contributed by atoms with van der Waals surface area (Å²) in [5, 5.41) is 6.97. The molecule has 1 unspecified atom stereocenters. The predicted octanol–water partition coefficient (Wildman–Crippen LogP) is 2.34. The van der Waals surface area contributed by atoms with Crippen LogP contribution in [0.15, 0.2) is 22.7 Å². The first-order valence-electron chi connectivity index (χ1n) is 6.14. The molecule has 2 aromatic rings. The molecule has 19 heavy (non-hydrogen) atoms. The molecule has 1 N–H and O–H groups in total. The number of halogens is 2. The summed E-state index contributed by atoms with van der Waals surface area (Å²) in [6.07, 6.45) is 0. The van der Waals surface area contributed by atoms with Gasteiger partial charge < -0.3 is 9.84 Å². The van der Waals surface area contributed by atoms with Gasteiger partial charge in [0.1, 0.15) is 11.6 Å². The van der Waals surface area contributed by atoms with Gasteiger partial charge in [-0.15, -0.1) is 0 Å². The normalized spacial score (nSPS) is 17.2. The van der Waals surface area contributed by atoms with Crippen LogP contribution < -0.4 is 5.32 Å². The smallest absolute Gasteiger partial charge is 0.230 e. The maximum absolute atomic E-state index is 13.1. The third-order valence-electron chi connectivity index (χ3n) is 3.47. The van der Waals surface area contributed by atoms with E-state index in [1.165, 1.54) is 12.1 Å². The minimum absolute atomic E-state index is 0.140. The molecule has 0 radical (unpaired) electrons. The van der Waals surface area contributed by atoms with Crippen molar-refractivity contribution in [2.24, 2.45) is 5.92 Å². The lowest BCUT2D eigenvalue weighted by Gasteiger charge is -2.30. The van der Waals surface area contributed by atoms with Gasteiger partial charge in [-0.1, -0.05) is 12.1 Å². The summed E-state index contributed by atoms with van der Waals surface area (Å²) in [4.78, 5) is 4.23. The molecule has 100 valence electrons. The highest BCUT2D eigenvalue weighted by Crippen LogP contribution is 2.27. The second kappa shape index (κ2) is 4.70. The summed E-state index contributed by atoms with van der Waals surface area (Å²) >= 11 is 0. The number of benzene rings is 1. The lowest BCUT2D eigenvalue weighted by atomic mass is 9.89.